The zero-order valence-electron chi connectivity index (χ0n) is 9.68. The smallest absolute Gasteiger partial charge is 0.227 e. The number of benzene rings is 1. The third kappa shape index (κ3) is 2.77. The maximum Gasteiger partial charge on any atom is 0.227 e. The van der Waals surface area contributed by atoms with Gasteiger partial charge in [-0.2, -0.15) is 0 Å². The SMILES string of the molecule is [N-]=[N+]=NCC1CC(=O)N(c2cc(Cl)c(F)cc2F)C1. The molecule has 1 aromatic carbocycles. The second-order valence-corrected chi connectivity index (χ2v) is 4.61. The van der Waals surface area contributed by atoms with E-state index in [9.17, 15) is 13.6 Å². The van der Waals surface area contributed by atoms with E-state index in [0.29, 0.717) is 6.07 Å². The number of azide groups is 1. The minimum atomic E-state index is -0.875. The molecule has 0 aliphatic carbocycles. The lowest BCUT2D eigenvalue weighted by Gasteiger charge is -2.17. The van der Waals surface area contributed by atoms with Crippen molar-refractivity contribution < 1.29 is 13.6 Å². The highest BCUT2D eigenvalue weighted by Gasteiger charge is 2.32. The zero-order valence-corrected chi connectivity index (χ0v) is 10.4. The Labute approximate surface area is 112 Å². The molecule has 1 aliphatic heterocycles. The first-order chi connectivity index (χ1) is 9.02. The van der Waals surface area contributed by atoms with Gasteiger partial charge in [-0.3, -0.25) is 4.79 Å². The molecule has 0 aromatic heterocycles. The largest absolute Gasteiger partial charge is 0.309 e. The first kappa shape index (κ1) is 13.6. The Kier molecular flexibility index (Phi) is 3.87. The first-order valence-corrected chi connectivity index (χ1v) is 5.86. The molecular weight excluding hydrogens is 278 g/mol. The summed E-state index contributed by atoms with van der Waals surface area (Å²) in [5.41, 5.74) is 8.17. The molecule has 1 saturated heterocycles. The molecule has 100 valence electrons. The molecule has 19 heavy (non-hydrogen) atoms. The van der Waals surface area contributed by atoms with Crippen LogP contribution >= 0.6 is 11.6 Å². The van der Waals surface area contributed by atoms with Crippen molar-refractivity contribution in [3.05, 3.63) is 39.2 Å². The topological polar surface area (TPSA) is 69.1 Å². The highest BCUT2D eigenvalue weighted by atomic mass is 35.5. The molecule has 0 saturated carbocycles. The van der Waals surface area contributed by atoms with Crippen molar-refractivity contribution in [2.24, 2.45) is 11.0 Å². The van der Waals surface area contributed by atoms with Gasteiger partial charge in [-0.1, -0.05) is 16.7 Å². The maximum atomic E-state index is 13.7. The summed E-state index contributed by atoms with van der Waals surface area (Å²) in [6.45, 7) is 0.381. The summed E-state index contributed by atoms with van der Waals surface area (Å²) in [4.78, 5) is 15.6. The predicted octanol–water partition coefficient (Wildman–Crippen LogP) is 3.28. The van der Waals surface area contributed by atoms with E-state index in [4.69, 9.17) is 17.1 Å². The summed E-state index contributed by atoms with van der Waals surface area (Å²) < 4.78 is 26.7. The number of hydrogen-bond acceptors (Lipinski definition) is 2. The van der Waals surface area contributed by atoms with Crippen LogP contribution < -0.4 is 4.90 Å². The fourth-order valence-electron chi connectivity index (χ4n) is 2.01. The molecule has 5 nitrogen and oxygen atoms in total. The van der Waals surface area contributed by atoms with Crippen LogP contribution in [0.15, 0.2) is 17.2 Å². The molecule has 1 fully saturated rings. The molecule has 1 aliphatic rings. The van der Waals surface area contributed by atoms with Gasteiger partial charge in [0.25, 0.3) is 0 Å². The van der Waals surface area contributed by atoms with Crippen LogP contribution in [0.2, 0.25) is 5.02 Å². The van der Waals surface area contributed by atoms with Crippen molar-refractivity contribution in [1.29, 1.82) is 0 Å². The van der Waals surface area contributed by atoms with E-state index in [-0.39, 0.29) is 42.0 Å². The second-order valence-electron chi connectivity index (χ2n) is 4.21. The molecule has 1 aromatic rings. The molecule has 0 bridgehead atoms. The third-order valence-corrected chi connectivity index (χ3v) is 3.18. The number of carbonyl (C=O) groups excluding carboxylic acids is 1. The summed E-state index contributed by atoms with van der Waals surface area (Å²) in [6, 6.07) is 1.73. The fourth-order valence-corrected chi connectivity index (χ4v) is 2.17. The van der Waals surface area contributed by atoms with E-state index >= 15 is 0 Å². The quantitative estimate of drug-likeness (QED) is 0.364. The number of nitrogens with zero attached hydrogens (tertiary/aromatic N) is 4. The summed E-state index contributed by atoms with van der Waals surface area (Å²) in [6.07, 6.45) is 0.160. The highest BCUT2D eigenvalue weighted by molar-refractivity contribution is 6.31. The van der Waals surface area contributed by atoms with Crippen LogP contribution in [0.3, 0.4) is 0 Å². The molecule has 8 heteroatoms. The van der Waals surface area contributed by atoms with Crippen molar-refractivity contribution in [3.63, 3.8) is 0 Å². The lowest BCUT2D eigenvalue weighted by atomic mass is 10.1. The molecule has 1 atom stereocenters. The van der Waals surface area contributed by atoms with Crippen molar-refractivity contribution in [2.45, 2.75) is 6.42 Å². The van der Waals surface area contributed by atoms with Crippen molar-refractivity contribution in [2.75, 3.05) is 18.0 Å². The van der Waals surface area contributed by atoms with Crippen LogP contribution in [0.4, 0.5) is 14.5 Å². The summed E-state index contributed by atoms with van der Waals surface area (Å²) in [7, 11) is 0. The number of carbonyl (C=O) groups is 1. The molecule has 1 heterocycles. The van der Waals surface area contributed by atoms with Gasteiger partial charge < -0.3 is 4.90 Å². The van der Waals surface area contributed by atoms with Gasteiger partial charge >= 0.3 is 0 Å². The van der Waals surface area contributed by atoms with Crippen LogP contribution in [-0.4, -0.2) is 19.0 Å². The van der Waals surface area contributed by atoms with Gasteiger partial charge in [0, 0.05) is 30.5 Å². The predicted molar refractivity (Wildman–Crippen MR) is 65.8 cm³/mol. The van der Waals surface area contributed by atoms with Crippen molar-refractivity contribution in [3.8, 4) is 0 Å². The minimum absolute atomic E-state index is 0.0557. The normalized spacial score (nSPS) is 18.6. The molecule has 1 unspecified atom stereocenters. The lowest BCUT2D eigenvalue weighted by Crippen LogP contribution is -2.26. The Morgan fingerprint density at radius 2 is 2.21 bits per heavy atom. The Hall–Kier alpha value is -1.85. The van der Waals surface area contributed by atoms with Gasteiger partial charge in [-0.15, -0.1) is 0 Å². The number of anilines is 1. The van der Waals surface area contributed by atoms with Crippen LogP contribution in [-0.2, 0) is 4.79 Å². The summed E-state index contributed by atoms with van der Waals surface area (Å²) >= 11 is 5.59. The van der Waals surface area contributed by atoms with Gasteiger partial charge in [0.1, 0.15) is 11.6 Å². The van der Waals surface area contributed by atoms with E-state index in [2.05, 4.69) is 10.0 Å². The zero-order chi connectivity index (χ0) is 14.0. The fraction of sp³-hybridized carbons (Fsp3) is 0.364. The van der Waals surface area contributed by atoms with Gasteiger partial charge in [0.05, 0.1) is 10.7 Å². The van der Waals surface area contributed by atoms with Crippen molar-refractivity contribution >= 4 is 23.2 Å². The van der Waals surface area contributed by atoms with E-state index in [1.54, 1.807) is 0 Å². The molecule has 0 spiro atoms. The summed E-state index contributed by atoms with van der Waals surface area (Å²) in [5, 5.41) is 3.14. The van der Waals surface area contributed by atoms with E-state index in [1.807, 2.05) is 0 Å². The van der Waals surface area contributed by atoms with Gasteiger partial charge in [0.2, 0.25) is 5.91 Å². The van der Waals surface area contributed by atoms with E-state index < -0.39 is 11.6 Å². The Morgan fingerprint density at radius 1 is 1.47 bits per heavy atom. The molecule has 0 radical (unpaired) electrons. The second kappa shape index (κ2) is 5.42. The van der Waals surface area contributed by atoms with E-state index in [0.717, 1.165) is 6.07 Å². The highest BCUT2D eigenvalue weighted by Crippen LogP contribution is 2.31. The molecule has 1 amide bonds. The van der Waals surface area contributed by atoms with Crippen LogP contribution in [0.1, 0.15) is 6.42 Å². The number of halogens is 3. The van der Waals surface area contributed by atoms with Crippen LogP contribution in [0, 0.1) is 17.6 Å². The average molecular weight is 287 g/mol. The lowest BCUT2D eigenvalue weighted by molar-refractivity contribution is -0.117. The number of rotatable bonds is 3. The maximum absolute atomic E-state index is 13.7. The number of amides is 1. The van der Waals surface area contributed by atoms with Gasteiger partial charge in [0.15, 0.2) is 0 Å². The standard InChI is InChI=1S/C11H9ClF2N4O/c12-7-2-10(9(14)3-8(7)13)18-5-6(1-11(18)19)4-16-17-15/h2-3,6H,1,4-5H2. The average Bonchev–Trinajstić information content (AvgIpc) is 2.72. The molecule has 0 N–H and O–H groups in total. The Morgan fingerprint density at radius 3 is 2.89 bits per heavy atom. The van der Waals surface area contributed by atoms with Crippen LogP contribution in [0.5, 0.6) is 0 Å². The number of hydrogen-bond donors (Lipinski definition) is 0. The molecular formula is C11H9ClF2N4O. The monoisotopic (exact) mass is 286 g/mol. The van der Waals surface area contributed by atoms with Crippen molar-refractivity contribution in [1.82, 2.24) is 0 Å². The van der Waals surface area contributed by atoms with E-state index in [1.165, 1.54) is 4.90 Å². The Bertz CT molecular complexity index is 574. The van der Waals surface area contributed by atoms with Crippen LogP contribution in [0.25, 0.3) is 10.4 Å². The minimum Gasteiger partial charge on any atom is -0.309 e. The third-order valence-electron chi connectivity index (χ3n) is 2.89. The first-order valence-electron chi connectivity index (χ1n) is 5.48. The Balaban J connectivity index is 2.25. The van der Waals surface area contributed by atoms with Gasteiger partial charge in [-0.05, 0) is 17.5 Å². The van der Waals surface area contributed by atoms with Gasteiger partial charge in [-0.25, -0.2) is 8.78 Å². The molecule has 2 rings (SSSR count). The summed E-state index contributed by atoms with van der Waals surface area (Å²) in [5.74, 6) is -2.20.